The molecule has 0 spiro atoms. The Morgan fingerprint density at radius 1 is 1.50 bits per heavy atom. The molecule has 0 saturated carbocycles. The van der Waals surface area contributed by atoms with Crippen molar-refractivity contribution in [2.75, 3.05) is 13.1 Å². The third kappa shape index (κ3) is 2.02. The van der Waals surface area contributed by atoms with Gasteiger partial charge in [0.1, 0.15) is 4.21 Å². The van der Waals surface area contributed by atoms with E-state index in [1.165, 1.54) is 15.6 Å². The molecule has 1 aromatic rings. The van der Waals surface area contributed by atoms with Gasteiger partial charge >= 0.3 is 0 Å². The van der Waals surface area contributed by atoms with Crippen LogP contribution in [0.15, 0.2) is 10.3 Å². The highest BCUT2D eigenvalue weighted by atomic mass is 32.2. The zero-order chi connectivity index (χ0) is 11.9. The minimum Gasteiger partial charge on any atom is -0.326 e. The van der Waals surface area contributed by atoms with Crippen LogP contribution in [0.1, 0.15) is 16.9 Å². The molecule has 1 fully saturated rings. The minimum atomic E-state index is -3.30. The Morgan fingerprint density at radius 3 is 2.62 bits per heavy atom. The number of hydrogen-bond acceptors (Lipinski definition) is 4. The van der Waals surface area contributed by atoms with Crippen molar-refractivity contribution in [1.82, 2.24) is 4.31 Å². The molecule has 0 bridgehead atoms. The van der Waals surface area contributed by atoms with Gasteiger partial charge < -0.3 is 5.73 Å². The molecule has 1 saturated heterocycles. The normalized spacial score (nSPS) is 22.8. The van der Waals surface area contributed by atoms with Gasteiger partial charge in [-0.05, 0) is 31.9 Å². The molecular weight excluding hydrogens is 244 g/mol. The molecule has 0 aliphatic carbocycles. The fourth-order valence-corrected chi connectivity index (χ4v) is 4.95. The zero-order valence-electron chi connectivity index (χ0n) is 9.43. The van der Waals surface area contributed by atoms with Crippen molar-refractivity contribution in [3.05, 3.63) is 16.5 Å². The van der Waals surface area contributed by atoms with E-state index in [2.05, 4.69) is 0 Å². The second-order valence-corrected chi connectivity index (χ2v) is 7.64. The van der Waals surface area contributed by atoms with Gasteiger partial charge in [-0.25, -0.2) is 8.42 Å². The van der Waals surface area contributed by atoms with Crippen LogP contribution in [0.25, 0.3) is 0 Å². The summed E-state index contributed by atoms with van der Waals surface area (Å²) < 4.78 is 26.4. The number of thiophene rings is 1. The van der Waals surface area contributed by atoms with Gasteiger partial charge in [0.05, 0.1) is 0 Å². The van der Waals surface area contributed by atoms with Crippen molar-refractivity contribution >= 4 is 21.4 Å². The molecule has 4 nitrogen and oxygen atoms in total. The second-order valence-electron chi connectivity index (χ2n) is 4.22. The van der Waals surface area contributed by atoms with Gasteiger partial charge in [0.15, 0.2) is 0 Å². The van der Waals surface area contributed by atoms with Crippen molar-refractivity contribution in [1.29, 1.82) is 0 Å². The fourth-order valence-electron chi connectivity index (χ4n) is 1.77. The van der Waals surface area contributed by atoms with E-state index in [1.54, 1.807) is 6.07 Å². The van der Waals surface area contributed by atoms with Crippen LogP contribution in [-0.2, 0) is 10.0 Å². The highest BCUT2D eigenvalue weighted by Gasteiger charge is 2.32. The number of nitrogens with two attached hydrogens (primary N) is 1. The number of hydrogen-bond donors (Lipinski definition) is 1. The number of nitrogens with zero attached hydrogens (tertiary/aromatic N) is 1. The maximum Gasteiger partial charge on any atom is 0.252 e. The lowest BCUT2D eigenvalue weighted by molar-refractivity contribution is 0.474. The summed E-state index contributed by atoms with van der Waals surface area (Å²) in [4.78, 5) is 1.06. The molecule has 90 valence electrons. The molecule has 0 unspecified atom stereocenters. The number of aryl methyl sites for hydroxylation is 2. The molecule has 0 aromatic carbocycles. The van der Waals surface area contributed by atoms with Crippen LogP contribution in [0.5, 0.6) is 0 Å². The Kier molecular flexibility index (Phi) is 3.09. The summed E-state index contributed by atoms with van der Waals surface area (Å²) >= 11 is 1.34. The smallest absolute Gasteiger partial charge is 0.252 e. The molecule has 1 atom stereocenters. The Labute approximate surface area is 100 Å². The lowest BCUT2D eigenvalue weighted by Crippen LogP contribution is -2.31. The Morgan fingerprint density at radius 2 is 2.19 bits per heavy atom. The Hall–Kier alpha value is -0.430. The molecule has 2 N–H and O–H groups in total. The summed E-state index contributed by atoms with van der Waals surface area (Å²) in [6, 6.07) is 1.73. The van der Waals surface area contributed by atoms with Crippen molar-refractivity contribution < 1.29 is 8.42 Å². The lowest BCUT2D eigenvalue weighted by Gasteiger charge is -2.14. The number of rotatable bonds is 2. The van der Waals surface area contributed by atoms with Crippen molar-refractivity contribution in [2.45, 2.75) is 30.5 Å². The third-order valence-electron chi connectivity index (χ3n) is 2.92. The SMILES string of the molecule is Cc1cc(S(=O)(=O)N2CC[C@@H](N)C2)sc1C. The van der Waals surface area contributed by atoms with Crippen LogP contribution in [0.2, 0.25) is 0 Å². The quantitative estimate of drug-likeness (QED) is 0.865. The molecule has 6 heteroatoms. The predicted octanol–water partition coefficient (Wildman–Crippen LogP) is 1.09. The average Bonchev–Trinajstić information content (AvgIpc) is 2.75. The summed E-state index contributed by atoms with van der Waals surface area (Å²) in [6.07, 6.45) is 0.753. The first-order valence-corrected chi connectivity index (χ1v) is 7.49. The van der Waals surface area contributed by atoms with Crippen molar-refractivity contribution in [3.8, 4) is 0 Å². The summed E-state index contributed by atoms with van der Waals surface area (Å²) in [5.74, 6) is 0. The van der Waals surface area contributed by atoms with Crippen LogP contribution in [0.4, 0.5) is 0 Å². The van der Waals surface area contributed by atoms with Gasteiger partial charge in [-0.3, -0.25) is 0 Å². The number of sulfonamides is 1. The maximum absolute atomic E-state index is 12.2. The molecule has 16 heavy (non-hydrogen) atoms. The third-order valence-corrected chi connectivity index (χ3v) is 6.39. The van der Waals surface area contributed by atoms with E-state index < -0.39 is 10.0 Å². The van der Waals surface area contributed by atoms with Crippen molar-refractivity contribution in [2.24, 2.45) is 5.73 Å². The van der Waals surface area contributed by atoms with Gasteiger partial charge in [-0.2, -0.15) is 4.31 Å². The van der Waals surface area contributed by atoms with Gasteiger partial charge in [0.25, 0.3) is 10.0 Å². The largest absolute Gasteiger partial charge is 0.326 e. The standard InChI is InChI=1S/C10H16N2O2S2/c1-7-5-10(15-8(7)2)16(13,14)12-4-3-9(11)6-12/h5,9H,3-4,6,11H2,1-2H3/t9-/m1/s1. The van der Waals surface area contributed by atoms with E-state index in [0.717, 1.165) is 16.9 Å². The molecule has 1 aliphatic heterocycles. The first-order chi connectivity index (χ1) is 7.41. The minimum absolute atomic E-state index is 0.0167. The summed E-state index contributed by atoms with van der Waals surface area (Å²) in [7, 11) is -3.30. The van der Waals surface area contributed by atoms with Crippen LogP contribution in [-0.4, -0.2) is 31.9 Å². The average molecular weight is 260 g/mol. The molecule has 0 radical (unpaired) electrons. The van der Waals surface area contributed by atoms with Gasteiger partial charge in [-0.15, -0.1) is 11.3 Å². The van der Waals surface area contributed by atoms with E-state index in [1.807, 2.05) is 13.8 Å². The van der Waals surface area contributed by atoms with E-state index in [4.69, 9.17) is 5.73 Å². The van der Waals surface area contributed by atoms with Gasteiger partial charge in [-0.1, -0.05) is 0 Å². The highest BCUT2D eigenvalue weighted by Crippen LogP contribution is 2.29. The lowest BCUT2D eigenvalue weighted by atomic mass is 10.3. The summed E-state index contributed by atoms with van der Waals surface area (Å²) in [6.45, 7) is 4.85. The molecule has 0 amide bonds. The molecule has 1 aliphatic rings. The monoisotopic (exact) mass is 260 g/mol. The molecule has 2 rings (SSSR count). The van der Waals surface area contributed by atoms with Crippen LogP contribution < -0.4 is 5.73 Å². The van der Waals surface area contributed by atoms with E-state index >= 15 is 0 Å². The second kappa shape index (κ2) is 4.10. The first-order valence-electron chi connectivity index (χ1n) is 5.24. The van der Waals surface area contributed by atoms with Crippen LogP contribution >= 0.6 is 11.3 Å². The summed E-state index contributed by atoms with van der Waals surface area (Å²) in [5, 5.41) is 0. The highest BCUT2D eigenvalue weighted by molar-refractivity contribution is 7.91. The van der Waals surface area contributed by atoms with E-state index in [0.29, 0.717) is 17.3 Å². The summed E-state index contributed by atoms with van der Waals surface area (Å²) in [5.41, 5.74) is 6.77. The first kappa shape index (κ1) is 12.0. The van der Waals surface area contributed by atoms with Gasteiger partial charge in [0.2, 0.25) is 0 Å². The zero-order valence-corrected chi connectivity index (χ0v) is 11.1. The molecule has 1 aromatic heterocycles. The topological polar surface area (TPSA) is 63.4 Å². The Balaban J connectivity index is 2.32. The molecule has 2 heterocycles. The van der Waals surface area contributed by atoms with Crippen LogP contribution in [0.3, 0.4) is 0 Å². The van der Waals surface area contributed by atoms with Crippen molar-refractivity contribution in [3.63, 3.8) is 0 Å². The van der Waals surface area contributed by atoms with E-state index in [9.17, 15) is 8.42 Å². The van der Waals surface area contributed by atoms with E-state index in [-0.39, 0.29) is 6.04 Å². The predicted molar refractivity (Wildman–Crippen MR) is 65.1 cm³/mol. The van der Waals surface area contributed by atoms with Crippen LogP contribution in [0, 0.1) is 13.8 Å². The Bertz CT molecular complexity index is 473. The fraction of sp³-hybridized carbons (Fsp3) is 0.600. The molecular formula is C10H16N2O2S2. The maximum atomic E-state index is 12.2. The van der Waals surface area contributed by atoms with Gasteiger partial charge in [0, 0.05) is 24.0 Å².